The van der Waals surface area contributed by atoms with Crippen molar-refractivity contribution in [2.45, 2.75) is 26.1 Å². The third-order valence-electron chi connectivity index (χ3n) is 5.75. The number of carbonyl (C=O) groups is 1. The molecule has 0 saturated carbocycles. The van der Waals surface area contributed by atoms with Crippen molar-refractivity contribution in [3.63, 3.8) is 0 Å². The fourth-order valence-corrected chi connectivity index (χ4v) is 3.98. The van der Waals surface area contributed by atoms with E-state index in [9.17, 15) is 4.79 Å². The SMILES string of the molecule is C/C=N/C1=C(C=NC)C(=O)N(c2cccc(COC(CCNC)c3ccccc3)c2)CCN1C. The first-order valence-electron chi connectivity index (χ1n) is 11.7. The fourth-order valence-electron chi connectivity index (χ4n) is 3.98. The normalized spacial score (nSPS) is 16.1. The van der Waals surface area contributed by atoms with E-state index < -0.39 is 0 Å². The van der Waals surface area contributed by atoms with Crippen molar-refractivity contribution in [3.05, 3.63) is 77.1 Å². The van der Waals surface area contributed by atoms with Gasteiger partial charge in [0.25, 0.3) is 5.91 Å². The van der Waals surface area contributed by atoms with E-state index in [4.69, 9.17) is 4.74 Å². The van der Waals surface area contributed by atoms with E-state index in [-0.39, 0.29) is 12.0 Å². The number of carbonyl (C=O) groups excluding carboxylic acids is 1. The van der Waals surface area contributed by atoms with Crippen molar-refractivity contribution in [1.82, 2.24) is 10.2 Å². The van der Waals surface area contributed by atoms with Gasteiger partial charge in [-0.15, -0.1) is 0 Å². The Hall–Kier alpha value is -3.29. The molecule has 1 heterocycles. The minimum absolute atomic E-state index is 0.00413. The molecule has 0 radical (unpaired) electrons. The lowest BCUT2D eigenvalue weighted by atomic mass is 10.1. The Morgan fingerprint density at radius 1 is 1.15 bits per heavy atom. The Morgan fingerprint density at radius 2 is 1.94 bits per heavy atom. The number of nitrogens with zero attached hydrogens (tertiary/aromatic N) is 4. The number of amides is 1. The zero-order chi connectivity index (χ0) is 24.3. The molecule has 0 bridgehead atoms. The molecule has 0 saturated heterocycles. The maximum atomic E-state index is 13.5. The zero-order valence-corrected chi connectivity index (χ0v) is 20.6. The molecule has 1 aliphatic heterocycles. The van der Waals surface area contributed by atoms with Crippen molar-refractivity contribution in [2.24, 2.45) is 9.98 Å². The summed E-state index contributed by atoms with van der Waals surface area (Å²) in [6, 6.07) is 18.3. The first kappa shape index (κ1) is 25.3. The monoisotopic (exact) mass is 461 g/mol. The number of nitrogens with one attached hydrogen (secondary N) is 1. The molecule has 180 valence electrons. The first-order valence-corrected chi connectivity index (χ1v) is 11.7. The summed E-state index contributed by atoms with van der Waals surface area (Å²) in [6.07, 6.45) is 4.17. The van der Waals surface area contributed by atoms with Gasteiger partial charge in [-0.2, -0.15) is 0 Å². The molecular formula is C27H35N5O2. The van der Waals surface area contributed by atoms with Crippen LogP contribution in [0.4, 0.5) is 5.69 Å². The summed E-state index contributed by atoms with van der Waals surface area (Å²) in [5.74, 6) is 0.528. The van der Waals surface area contributed by atoms with Gasteiger partial charge in [-0.1, -0.05) is 42.5 Å². The summed E-state index contributed by atoms with van der Waals surface area (Å²) in [5, 5.41) is 3.21. The second-order valence-corrected chi connectivity index (χ2v) is 8.16. The molecule has 2 aromatic carbocycles. The van der Waals surface area contributed by atoms with Gasteiger partial charge in [0.05, 0.1) is 12.7 Å². The third kappa shape index (κ3) is 6.40. The minimum atomic E-state index is -0.107. The highest BCUT2D eigenvalue weighted by molar-refractivity contribution is 6.19. The minimum Gasteiger partial charge on any atom is -0.369 e. The quantitative estimate of drug-likeness (QED) is 0.546. The van der Waals surface area contributed by atoms with Crippen molar-refractivity contribution < 1.29 is 9.53 Å². The van der Waals surface area contributed by atoms with Gasteiger partial charge < -0.3 is 19.9 Å². The average Bonchev–Trinajstić information content (AvgIpc) is 2.97. The van der Waals surface area contributed by atoms with Gasteiger partial charge in [0.1, 0.15) is 11.4 Å². The van der Waals surface area contributed by atoms with Gasteiger partial charge in [0, 0.05) is 45.3 Å². The molecule has 1 atom stereocenters. The van der Waals surface area contributed by atoms with Gasteiger partial charge >= 0.3 is 0 Å². The van der Waals surface area contributed by atoms with E-state index in [1.807, 2.05) is 68.4 Å². The molecule has 7 nitrogen and oxygen atoms in total. The lowest BCUT2D eigenvalue weighted by molar-refractivity contribution is -0.114. The lowest BCUT2D eigenvalue weighted by Gasteiger charge is -2.23. The summed E-state index contributed by atoms with van der Waals surface area (Å²) in [5.41, 5.74) is 3.51. The standard InChI is InChI=1S/C27H35N5O2/c1-5-30-26-24(19-29-3)27(33)32(17-16-31(26)4)23-13-9-10-21(18-23)20-34-25(14-15-28-2)22-11-7-6-8-12-22/h5-13,18-19,25,28H,14-17,20H2,1-4H3/b29-19?,30-5+. The Labute approximate surface area is 202 Å². The van der Waals surface area contributed by atoms with Crippen LogP contribution in [0.2, 0.25) is 0 Å². The molecule has 1 N–H and O–H groups in total. The molecule has 0 aliphatic carbocycles. The molecule has 2 aromatic rings. The van der Waals surface area contributed by atoms with E-state index in [1.54, 1.807) is 24.4 Å². The number of likely N-dealkylation sites (N-methyl/N-ethyl adjacent to an activating group) is 1. The van der Waals surface area contributed by atoms with Crippen molar-refractivity contribution in [1.29, 1.82) is 0 Å². The Balaban J connectivity index is 1.82. The van der Waals surface area contributed by atoms with E-state index in [0.717, 1.165) is 29.8 Å². The number of ether oxygens (including phenoxy) is 1. The van der Waals surface area contributed by atoms with Crippen molar-refractivity contribution in [2.75, 3.05) is 45.7 Å². The number of hydrogen-bond acceptors (Lipinski definition) is 6. The van der Waals surface area contributed by atoms with Crippen LogP contribution in [-0.2, 0) is 16.1 Å². The highest BCUT2D eigenvalue weighted by atomic mass is 16.5. The van der Waals surface area contributed by atoms with Gasteiger partial charge in [-0.25, -0.2) is 4.99 Å². The maximum Gasteiger partial charge on any atom is 0.263 e. The van der Waals surface area contributed by atoms with Crippen LogP contribution >= 0.6 is 0 Å². The lowest BCUT2D eigenvalue weighted by Crippen LogP contribution is -2.34. The number of aliphatic imine (C=N–C) groups is 2. The number of hydrogen-bond donors (Lipinski definition) is 1. The van der Waals surface area contributed by atoms with Crippen LogP contribution in [0.3, 0.4) is 0 Å². The predicted molar refractivity (Wildman–Crippen MR) is 140 cm³/mol. The summed E-state index contributed by atoms with van der Waals surface area (Å²) in [6.45, 7) is 4.39. The van der Waals surface area contributed by atoms with E-state index in [2.05, 4.69) is 27.4 Å². The molecule has 1 amide bonds. The zero-order valence-electron chi connectivity index (χ0n) is 20.6. The maximum absolute atomic E-state index is 13.5. The van der Waals surface area contributed by atoms with Gasteiger partial charge in [-0.3, -0.25) is 9.79 Å². The number of anilines is 1. The Kier molecular flexibility index (Phi) is 9.55. The van der Waals surface area contributed by atoms with Crippen LogP contribution in [0.1, 0.15) is 30.6 Å². The molecule has 0 fully saturated rings. The Morgan fingerprint density at radius 3 is 2.65 bits per heavy atom. The molecule has 0 spiro atoms. The summed E-state index contributed by atoms with van der Waals surface area (Å²) < 4.78 is 6.33. The molecular weight excluding hydrogens is 426 g/mol. The highest BCUT2D eigenvalue weighted by Gasteiger charge is 2.27. The number of benzene rings is 2. The third-order valence-corrected chi connectivity index (χ3v) is 5.75. The van der Waals surface area contributed by atoms with E-state index in [0.29, 0.717) is 31.1 Å². The summed E-state index contributed by atoms with van der Waals surface area (Å²) in [7, 11) is 5.56. The fraction of sp³-hybridized carbons (Fsp3) is 0.370. The number of rotatable bonds is 10. The van der Waals surface area contributed by atoms with Gasteiger partial charge in [0.2, 0.25) is 0 Å². The highest BCUT2D eigenvalue weighted by Crippen LogP contribution is 2.26. The Bertz CT molecular complexity index is 1030. The summed E-state index contributed by atoms with van der Waals surface area (Å²) in [4.78, 5) is 25.8. The smallest absolute Gasteiger partial charge is 0.263 e. The van der Waals surface area contributed by atoms with Crippen molar-refractivity contribution >= 4 is 24.0 Å². The van der Waals surface area contributed by atoms with Crippen LogP contribution in [0.5, 0.6) is 0 Å². The van der Waals surface area contributed by atoms with Crippen LogP contribution < -0.4 is 10.2 Å². The van der Waals surface area contributed by atoms with Crippen LogP contribution in [-0.4, -0.2) is 64.0 Å². The van der Waals surface area contributed by atoms with E-state index in [1.165, 1.54) is 0 Å². The van der Waals surface area contributed by atoms with Gasteiger partial charge in [0.15, 0.2) is 0 Å². The molecule has 0 aromatic heterocycles. The second-order valence-electron chi connectivity index (χ2n) is 8.16. The van der Waals surface area contributed by atoms with Crippen LogP contribution in [0, 0.1) is 0 Å². The summed E-state index contributed by atoms with van der Waals surface area (Å²) >= 11 is 0. The second kappa shape index (κ2) is 12.8. The van der Waals surface area contributed by atoms with Crippen LogP contribution in [0.25, 0.3) is 0 Å². The van der Waals surface area contributed by atoms with Crippen LogP contribution in [0.15, 0.2) is 76.0 Å². The predicted octanol–water partition coefficient (Wildman–Crippen LogP) is 3.84. The average molecular weight is 462 g/mol. The van der Waals surface area contributed by atoms with E-state index >= 15 is 0 Å². The van der Waals surface area contributed by atoms with Gasteiger partial charge in [-0.05, 0) is 50.2 Å². The molecule has 1 unspecified atom stereocenters. The first-order chi connectivity index (χ1) is 16.6. The van der Waals surface area contributed by atoms with Crippen molar-refractivity contribution in [3.8, 4) is 0 Å². The molecule has 1 aliphatic rings. The molecule has 34 heavy (non-hydrogen) atoms. The topological polar surface area (TPSA) is 69.5 Å². The molecule has 3 rings (SSSR count). The largest absolute Gasteiger partial charge is 0.369 e. The molecule has 7 heteroatoms.